The molecule has 1 heterocycles. The van der Waals surface area contributed by atoms with Crippen LogP contribution < -0.4 is 10.2 Å². The van der Waals surface area contributed by atoms with Crippen LogP contribution in [0.25, 0.3) is 0 Å². The summed E-state index contributed by atoms with van der Waals surface area (Å²) >= 11 is 0. The number of benzene rings is 3. The van der Waals surface area contributed by atoms with Crippen molar-refractivity contribution in [1.29, 1.82) is 0 Å². The number of amides is 2. The first-order valence-electron chi connectivity index (χ1n) is 10.5. The molecule has 0 saturated heterocycles. The Morgan fingerprint density at radius 2 is 1.62 bits per heavy atom. The summed E-state index contributed by atoms with van der Waals surface area (Å²) < 4.78 is 25.0. The molecule has 2 amide bonds. The first-order chi connectivity index (χ1) is 15.4. The van der Waals surface area contributed by atoms with E-state index in [0.717, 1.165) is 17.7 Å². The van der Waals surface area contributed by atoms with Crippen LogP contribution in [0.1, 0.15) is 39.6 Å². The van der Waals surface area contributed by atoms with Gasteiger partial charge in [0.1, 0.15) is 0 Å². The van der Waals surface area contributed by atoms with Crippen LogP contribution in [-0.4, -0.2) is 32.5 Å². The van der Waals surface area contributed by atoms with Crippen LogP contribution in [-0.2, 0) is 16.3 Å². The van der Waals surface area contributed by atoms with Crippen molar-refractivity contribution in [3.63, 3.8) is 0 Å². The van der Waals surface area contributed by atoms with E-state index in [1.807, 2.05) is 24.3 Å². The van der Waals surface area contributed by atoms with Crippen molar-refractivity contribution in [2.24, 2.45) is 0 Å². The molecule has 0 aromatic heterocycles. The van der Waals surface area contributed by atoms with Crippen molar-refractivity contribution in [3.8, 4) is 0 Å². The molecule has 164 valence electrons. The van der Waals surface area contributed by atoms with Gasteiger partial charge in [-0.2, -0.15) is 0 Å². The molecule has 0 bridgehead atoms. The van der Waals surface area contributed by atoms with Crippen molar-refractivity contribution in [1.82, 2.24) is 0 Å². The largest absolute Gasteiger partial charge is 0.322 e. The van der Waals surface area contributed by atoms with Crippen LogP contribution in [0.4, 0.5) is 11.4 Å². The van der Waals surface area contributed by atoms with Gasteiger partial charge in [-0.3, -0.25) is 9.59 Å². The number of para-hydroxylation sites is 1. The summed E-state index contributed by atoms with van der Waals surface area (Å²) in [5, 5.41) is 2.74. The van der Waals surface area contributed by atoms with Gasteiger partial charge >= 0.3 is 0 Å². The number of hydrogen-bond acceptors (Lipinski definition) is 4. The lowest BCUT2D eigenvalue weighted by atomic mass is 10.1. The van der Waals surface area contributed by atoms with E-state index in [2.05, 4.69) is 5.32 Å². The summed E-state index contributed by atoms with van der Waals surface area (Å²) in [4.78, 5) is 27.5. The van der Waals surface area contributed by atoms with Gasteiger partial charge in [0.25, 0.3) is 11.8 Å². The molecule has 0 atom stereocenters. The lowest BCUT2D eigenvalue weighted by molar-refractivity contribution is 0.0988. The van der Waals surface area contributed by atoms with Crippen molar-refractivity contribution in [2.75, 3.05) is 22.5 Å². The second kappa shape index (κ2) is 8.96. The third kappa shape index (κ3) is 4.29. The number of nitrogens with zero attached hydrogens (tertiary/aromatic N) is 1. The predicted octanol–water partition coefficient (Wildman–Crippen LogP) is 4.33. The molecule has 3 aromatic carbocycles. The van der Waals surface area contributed by atoms with Gasteiger partial charge in [-0.05, 0) is 60.9 Å². The minimum absolute atomic E-state index is 0.0201. The van der Waals surface area contributed by atoms with E-state index in [1.54, 1.807) is 48.2 Å². The number of hydrogen-bond donors (Lipinski definition) is 1. The van der Waals surface area contributed by atoms with Crippen LogP contribution >= 0.6 is 0 Å². The Labute approximate surface area is 187 Å². The Balaban J connectivity index is 1.51. The van der Waals surface area contributed by atoms with E-state index in [4.69, 9.17) is 0 Å². The van der Waals surface area contributed by atoms with Crippen molar-refractivity contribution in [3.05, 3.63) is 89.5 Å². The topological polar surface area (TPSA) is 83.5 Å². The Kier molecular flexibility index (Phi) is 6.10. The van der Waals surface area contributed by atoms with E-state index in [0.29, 0.717) is 24.2 Å². The third-order valence-electron chi connectivity index (χ3n) is 5.46. The van der Waals surface area contributed by atoms with E-state index >= 15 is 0 Å². The highest BCUT2D eigenvalue weighted by Gasteiger charge is 2.25. The van der Waals surface area contributed by atoms with E-state index in [1.165, 1.54) is 12.1 Å². The molecule has 1 N–H and O–H groups in total. The molecule has 0 fully saturated rings. The van der Waals surface area contributed by atoms with Crippen LogP contribution in [0.3, 0.4) is 0 Å². The zero-order valence-corrected chi connectivity index (χ0v) is 18.6. The zero-order valence-electron chi connectivity index (χ0n) is 17.7. The number of carbonyl (C=O) groups is 2. The lowest BCUT2D eigenvalue weighted by Crippen LogP contribution is -2.28. The molecule has 0 saturated carbocycles. The monoisotopic (exact) mass is 448 g/mol. The first kappa shape index (κ1) is 21.8. The highest BCUT2D eigenvalue weighted by molar-refractivity contribution is 7.91. The summed E-state index contributed by atoms with van der Waals surface area (Å²) in [6.07, 6.45) is 1.30. The summed E-state index contributed by atoms with van der Waals surface area (Å²) in [7, 11) is -3.54. The predicted molar refractivity (Wildman–Crippen MR) is 125 cm³/mol. The molecule has 0 aliphatic carbocycles. The molecule has 7 heteroatoms. The number of fused-ring (bicyclic) bond motifs is 1. The summed E-state index contributed by atoms with van der Waals surface area (Å²) in [6, 6.07) is 20.7. The molecule has 0 unspecified atom stereocenters. The van der Waals surface area contributed by atoms with Gasteiger partial charge in [0.15, 0.2) is 9.84 Å². The fourth-order valence-electron chi connectivity index (χ4n) is 3.90. The zero-order chi connectivity index (χ0) is 22.7. The molecule has 4 rings (SSSR count). The highest BCUT2D eigenvalue weighted by Crippen LogP contribution is 2.29. The first-order valence-corrected chi connectivity index (χ1v) is 12.2. The Bertz CT molecular complexity index is 1270. The molecule has 32 heavy (non-hydrogen) atoms. The molecule has 6 nitrogen and oxygen atoms in total. The van der Waals surface area contributed by atoms with Crippen LogP contribution in [0.15, 0.2) is 77.7 Å². The maximum Gasteiger partial charge on any atom is 0.258 e. The number of nitrogens with one attached hydrogen (secondary N) is 1. The summed E-state index contributed by atoms with van der Waals surface area (Å²) in [5.74, 6) is -0.620. The average molecular weight is 449 g/mol. The van der Waals surface area contributed by atoms with E-state index in [9.17, 15) is 18.0 Å². The second-order valence-corrected chi connectivity index (χ2v) is 9.76. The number of sulfone groups is 1. The van der Waals surface area contributed by atoms with E-state index in [-0.39, 0.29) is 22.1 Å². The van der Waals surface area contributed by atoms with Crippen molar-refractivity contribution >= 4 is 33.0 Å². The molecule has 3 aromatic rings. The van der Waals surface area contributed by atoms with E-state index < -0.39 is 15.7 Å². The molecular formula is C25H24N2O4S. The minimum atomic E-state index is -3.54. The second-order valence-electron chi connectivity index (χ2n) is 7.68. The smallest absolute Gasteiger partial charge is 0.258 e. The standard InChI is InChI=1S/C25H24N2O4S/c1-2-17-32(30,31)23-10-6-4-8-21(23)24(28)26-20-13-11-19(12-14-20)25(29)27-16-15-18-7-3-5-9-22(18)27/h3-14H,2,15-17H2,1H3,(H,26,28). The van der Waals surface area contributed by atoms with Gasteiger partial charge in [-0.25, -0.2) is 8.42 Å². The van der Waals surface area contributed by atoms with Crippen molar-refractivity contribution in [2.45, 2.75) is 24.7 Å². The van der Waals surface area contributed by atoms with Gasteiger partial charge < -0.3 is 10.2 Å². The molecule has 0 radical (unpaired) electrons. The maximum atomic E-state index is 13.0. The van der Waals surface area contributed by atoms with Crippen LogP contribution in [0, 0.1) is 0 Å². The summed E-state index contributed by atoms with van der Waals surface area (Å²) in [6.45, 7) is 2.42. The fraction of sp³-hybridized carbons (Fsp3) is 0.200. The number of rotatable bonds is 6. The average Bonchev–Trinajstić information content (AvgIpc) is 3.23. The van der Waals surface area contributed by atoms with Crippen molar-refractivity contribution < 1.29 is 18.0 Å². The third-order valence-corrected chi connectivity index (χ3v) is 7.43. The fourth-order valence-corrected chi connectivity index (χ4v) is 5.44. The molecular weight excluding hydrogens is 424 g/mol. The van der Waals surface area contributed by atoms with Gasteiger partial charge in [-0.1, -0.05) is 37.3 Å². The quantitative estimate of drug-likeness (QED) is 0.609. The SMILES string of the molecule is CCCS(=O)(=O)c1ccccc1C(=O)Nc1ccc(C(=O)N2CCc3ccccc32)cc1. The maximum absolute atomic E-state index is 13.0. The molecule has 1 aliphatic heterocycles. The lowest BCUT2D eigenvalue weighted by Gasteiger charge is -2.17. The minimum Gasteiger partial charge on any atom is -0.322 e. The van der Waals surface area contributed by atoms with Crippen LogP contribution in [0.2, 0.25) is 0 Å². The summed E-state index contributed by atoms with van der Waals surface area (Å²) in [5.41, 5.74) is 3.19. The number of carbonyl (C=O) groups excluding carboxylic acids is 2. The van der Waals surface area contributed by atoms with Gasteiger partial charge in [0.05, 0.1) is 16.2 Å². The van der Waals surface area contributed by atoms with Crippen LogP contribution in [0.5, 0.6) is 0 Å². The van der Waals surface area contributed by atoms with Gasteiger partial charge in [-0.15, -0.1) is 0 Å². The Morgan fingerprint density at radius 1 is 0.938 bits per heavy atom. The van der Waals surface area contributed by atoms with Gasteiger partial charge in [0.2, 0.25) is 0 Å². The normalized spacial score (nSPS) is 13.0. The molecule has 1 aliphatic rings. The number of anilines is 2. The Morgan fingerprint density at radius 3 is 2.38 bits per heavy atom. The Hall–Kier alpha value is -3.45. The molecule has 0 spiro atoms. The van der Waals surface area contributed by atoms with Gasteiger partial charge in [0, 0.05) is 23.5 Å². The highest BCUT2D eigenvalue weighted by atomic mass is 32.2.